The monoisotopic (exact) mass is 280 g/mol. The molecular weight excluding hydrogens is 248 g/mol. The fourth-order valence-electron chi connectivity index (χ4n) is 3.54. The van der Waals surface area contributed by atoms with Crippen LogP contribution in [0, 0.1) is 5.92 Å². The molecule has 0 amide bonds. The molecular formula is C16H32N4. The predicted octanol–water partition coefficient (Wildman–Crippen LogP) is 0.696. The van der Waals surface area contributed by atoms with Crippen LogP contribution in [0.15, 0.2) is 0 Å². The van der Waals surface area contributed by atoms with E-state index in [0.29, 0.717) is 0 Å². The Hall–Kier alpha value is -0.160. The van der Waals surface area contributed by atoms with E-state index in [9.17, 15) is 0 Å². The summed E-state index contributed by atoms with van der Waals surface area (Å²) in [5.41, 5.74) is 0. The standard InChI is InChI=1S/C16H32N4/c1-18(2)7-8-19-9-11-20(12-10-19)16-6-3-14(16)13-17-15-4-5-15/h14-17H,3-13H2,1-2H3. The van der Waals surface area contributed by atoms with Crippen LogP contribution < -0.4 is 5.32 Å². The lowest BCUT2D eigenvalue weighted by molar-refractivity contribution is 0.0198. The summed E-state index contributed by atoms with van der Waals surface area (Å²) in [7, 11) is 4.34. The lowest BCUT2D eigenvalue weighted by atomic mass is 9.78. The highest BCUT2D eigenvalue weighted by atomic mass is 15.3. The van der Waals surface area contributed by atoms with Gasteiger partial charge >= 0.3 is 0 Å². The molecule has 2 unspecified atom stereocenters. The van der Waals surface area contributed by atoms with Gasteiger partial charge in [-0.15, -0.1) is 0 Å². The summed E-state index contributed by atoms with van der Waals surface area (Å²) in [6.07, 6.45) is 5.73. The van der Waals surface area contributed by atoms with Crippen molar-refractivity contribution in [3.63, 3.8) is 0 Å². The van der Waals surface area contributed by atoms with Crippen LogP contribution in [-0.4, -0.2) is 86.7 Å². The molecule has 0 radical (unpaired) electrons. The first kappa shape index (κ1) is 14.8. The van der Waals surface area contributed by atoms with E-state index in [1.165, 1.54) is 71.5 Å². The fraction of sp³-hybridized carbons (Fsp3) is 1.00. The smallest absolute Gasteiger partial charge is 0.0137 e. The first-order chi connectivity index (χ1) is 9.72. The van der Waals surface area contributed by atoms with Crippen molar-refractivity contribution in [2.45, 2.75) is 37.8 Å². The Morgan fingerprint density at radius 3 is 2.30 bits per heavy atom. The molecule has 3 rings (SSSR count). The molecule has 3 aliphatic rings. The quantitative estimate of drug-likeness (QED) is 0.741. The average Bonchev–Trinajstić information content (AvgIpc) is 3.21. The van der Waals surface area contributed by atoms with Crippen LogP contribution in [0.1, 0.15) is 25.7 Å². The molecule has 1 aliphatic heterocycles. The second-order valence-corrected chi connectivity index (χ2v) is 7.27. The van der Waals surface area contributed by atoms with Gasteiger partial charge in [0.25, 0.3) is 0 Å². The SMILES string of the molecule is CN(C)CCN1CCN(C2CCC2CNC2CC2)CC1. The first-order valence-corrected chi connectivity index (χ1v) is 8.57. The van der Waals surface area contributed by atoms with Crippen LogP contribution in [0.4, 0.5) is 0 Å². The number of hydrogen-bond acceptors (Lipinski definition) is 4. The predicted molar refractivity (Wildman–Crippen MR) is 84.1 cm³/mol. The zero-order valence-corrected chi connectivity index (χ0v) is 13.4. The number of piperazine rings is 1. The Kier molecular flexibility index (Phi) is 4.97. The maximum absolute atomic E-state index is 3.73. The number of likely N-dealkylation sites (N-methyl/N-ethyl adjacent to an activating group) is 1. The summed E-state index contributed by atoms with van der Waals surface area (Å²) in [6.45, 7) is 8.82. The topological polar surface area (TPSA) is 21.8 Å². The summed E-state index contributed by atoms with van der Waals surface area (Å²) in [5.74, 6) is 0.934. The summed E-state index contributed by atoms with van der Waals surface area (Å²) in [5, 5.41) is 3.73. The number of hydrogen-bond donors (Lipinski definition) is 1. The van der Waals surface area contributed by atoms with Gasteiger partial charge in [0.05, 0.1) is 0 Å². The second-order valence-electron chi connectivity index (χ2n) is 7.27. The van der Waals surface area contributed by atoms with Crippen molar-refractivity contribution < 1.29 is 0 Å². The second kappa shape index (κ2) is 6.73. The van der Waals surface area contributed by atoms with E-state index in [4.69, 9.17) is 0 Å². The van der Waals surface area contributed by atoms with Gasteiger partial charge in [-0.05, 0) is 52.2 Å². The highest BCUT2D eigenvalue weighted by Gasteiger charge is 2.37. The zero-order valence-electron chi connectivity index (χ0n) is 13.4. The summed E-state index contributed by atoms with van der Waals surface area (Å²) in [4.78, 5) is 7.69. The van der Waals surface area contributed by atoms with E-state index < -0.39 is 0 Å². The van der Waals surface area contributed by atoms with Gasteiger partial charge < -0.3 is 10.2 Å². The highest BCUT2D eigenvalue weighted by molar-refractivity contribution is 4.93. The van der Waals surface area contributed by atoms with Gasteiger partial charge in [-0.1, -0.05) is 0 Å². The Morgan fingerprint density at radius 2 is 1.75 bits per heavy atom. The maximum Gasteiger partial charge on any atom is 0.0137 e. The Balaban J connectivity index is 1.34. The third-order valence-corrected chi connectivity index (χ3v) is 5.36. The largest absolute Gasteiger partial charge is 0.314 e. The minimum Gasteiger partial charge on any atom is -0.314 e. The van der Waals surface area contributed by atoms with E-state index in [-0.39, 0.29) is 0 Å². The molecule has 20 heavy (non-hydrogen) atoms. The van der Waals surface area contributed by atoms with Gasteiger partial charge in [0.1, 0.15) is 0 Å². The van der Waals surface area contributed by atoms with Crippen molar-refractivity contribution in [1.29, 1.82) is 0 Å². The molecule has 2 saturated carbocycles. The van der Waals surface area contributed by atoms with Crippen molar-refractivity contribution in [2.75, 3.05) is 59.9 Å². The number of nitrogens with zero attached hydrogens (tertiary/aromatic N) is 3. The normalized spacial score (nSPS) is 32.5. The Bertz CT molecular complexity index is 295. The van der Waals surface area contributed by atoms with Gasteiger partial charge in [-0.3, -0.25) is 9.80 Å². The van der Waals surface area contributed by atoms with Crippen molar-refractivity contribution in [1.82, 2.24) is 20.0 Å². The molecule has 4 nitrogen and oxygen atoms in total. The van der Waals surface area contributed by atoms with Gasteiger partial charge in [0.2, 0.25) is 0 Å². The molecule has 1 N–H and O–H groups in total. The van der Waals surface area contributed by atoms with E-state index >= 15 is 0 Å². The number of nitrogens with one attached hydrogen (secondary N) is 1. The van der Waals surface area contributed by atoms with E-state index in [0.717, 1.165) is 18.0 Å². The molecule has 1 saturated heterocycles. The van der Waals surface area contributed by atoms with Crippen molar-refractivity contribution in [3.8, 4) is 0 Å². The van der Waals surface area contributed by atoms with Crippen molar-refractivity contribution in [3.05, 3.63) is 0 Å². The van der Waals surface area contributed by atoms with Gasteiger partial charge in [-0.25, -0.2) is 0 Å². The number of rotatable bonds is 7. The molecule has 2 aliphatic carbocycles. The van der Waals surface area contributed by atoms with E-state index in [1.54, 1.807) is 0 Å². The van der Waals surface area contributed by atoms with Crippen LogP contribution >= 0.6 is 0 Å². The van der Waals surface area contributed by atoms with Crippen LogP contribution in [0.3, 0.4) is 0 Å². The van der Waals surface area contributed by atoms with Gasteiger partial charge in [-0.2, -0.15) is 0 Å². The molecule has 1 heterocycles. The molecule has 0 spiro atoms. The maximum atomic E-state index is 3.73. The third-order valence-electron chi connectivity index (χ3n) is 5.36. The van der Waals surface area contributed by atoms with Crippen LogP contribution in [0.25, 0.3) is 0 Å². The Labute approximate surface area is 124 Å². The van der Waals surface area contributed by atoms with E-state index in [2.05, 4.69) is 34.1 Å². The highest BCUT2D eigenvalue weighted by Crippen LogP contribution is 2.33. The zero-order chi connectivity index (χ0) is 13.9. The summed E-state index contributed by atoms with van der Waals surface area (Å²) in [6, 6.07) is 1.76. The molecule has 3 fully saturated rings. The lowest BCUT2D eigenvalue weighted by Crippen LogP contribution is -2.57. The summed E-state index contributed by atoms with van der Waals surface area (Å²) < 4.78 is 0. The minimum absolute atomic E-state index is 0.874. The molecule has 0 bridgehead atoms. The molecule has 0 aromatic heterocycles. The van der Waals surface area contributed by atoms with Crippen molar-refractivity contribution in [2.24, 2.45) is 5.92 Å². The molecule has 0 aromatic rings. The van der Waals surface area contributed by atoms with Crippen LogP contribution in [0.5, 0.6) is 0 Å². The first-order valence-electron chi connectivity index (χ1n) is 8.57. The Morgan fingerprint density at radius 1 is 1.00 bits per heavy atom. The molecule has 2 atom stereocenters. The lowest BCUT2D eigenvalue weighted by Gasteiger charge is -2.48. The average molecular weight is 280 g/mol. The molecule has 116 valence electrons. The van der Waals surface area contributed by atoms with Gasteiger partial charge in [0.15, 0.2) is 0 Å². The summed E-state index contributed by atoms with van der Waals surface area (Å²) >= 11 is 0. The van der Waals surface area contributed by atoms with Crippen LogP contribution in [-0.2, 0) is 0 Å². The fourth-order valence-corrected chi connectivity index (χ4v) is 3.54. The van der Waals surface area contributed by atoms with Gasteiger partial charge in [0, 0.05) is 51.4 Å². The third kappa shape index (κ3) is 3.94. The van der Waals surface area contributed by atoms with Crippen LogP contribution in [0.2, 0.25) is 0 Å². The van der Waals surface area contributed by atoms with E-state index in [1.807, 2.05) is 0 Å². The van der Waals surface area contributed by atoms with Crippen molar-refractivity contribution >= 4 is 0 Å². The molecule has 0 aromatic carbocycles. The minimum atomic E-state index is 0.874. The molecule has 4 heteroatoms.